The number of aryl methyl sites for hydroxylation is 1. The highest BCUT2D eigenvalue weighted by atomic mass is 32.1. The smallest absolute Gasteiger partial charge is 0.236 e. The largest absolute Gasteiger partial charge is 0.384 e. The Morgan fingerprint density at radius 3 is 3.10 bits per heavy atom. The zero-order valence-electron chi connectivity index (χ0n) is 11.5. The van der Waals surface area contributed by atoms with Gasteiger partial charge in [0.25, 0.3) is 0 Å². The molecule has 2 aromatic heterocycles. The van der Waals surface area contributed by atoms with Crippen LogP contribution in [-0.2, 0) is 6.42 Å². The van der Waals surface area contributed by atoms with E-state index in [-0.39, 0.29) is 5.92 Å². The molecule has 1 aliphatic rings. The van der Waals surface area contributed by atoms with Crippen molar-refractivity contribution in [3.05, 3.63) is 57.6 Å². The number of hydrogen-bond donors (Lipinski definition) is 1. The van der Waals surface area contributed by atoms with Crippen LogP contribution in [0.25, 0.3) is 0 Å². The molecule has 1 atom stereocenters. The lowest BCUT2D eigenvalue weighted by Crippen LogP contribution is -2.04. The van der Waals surface area contributed by atoms with Gasteiger partial charge in [-0.15, -0.1) is 11.3 Å². The molecule has 1 aromatic carbocycles. The summed E-state index contributed by atoms with van der Waals surface area (Å²) in [5.41, 5.74) is 3.41. The van der Waals surface area contributed by atoms with Crippen LogP contribution in [0.5, 0.6) is 0 Å². The van der Waals surface area contributed by atoms with Gasteiger partial charge in [-0.1, -0.05) is 23.4 Å². The molecule has 0 radical (unpaired) electrons. The molecule has 0 amide bonds. The molecule has 5 nitrogen and oxygen atoms in total. The molecule has 0 saturated heterocycles. The standard InChI is InChI=1S/C15H14N4OS/c1-9-8-21-14(17-9)6-13-18-15(20-19-13)11-7-16-12-5-3-2-4-10(11)12/h2-5,8,11,16H,6-7H2,1H3. The van der Waals surface area contributed by atoms with Gasteiger partial charge in [0, 0.05) is 23.3 Å². The third-order valence-corrected chi connectivity index (χ3v) is 4.56. The Hall–Kier alpha value is -2.21. The number of rotatable bonds is 3. The first-order chi connectivity index (χ1) is 10.3. The second-order valence-corrected chi connectivity index (χ2v) is 6.07. The highest BCUT2D eigenvalue weighted by molar-refractivity contribution is 7.09. The van der Waals surface area contributed by atoms with E-state index in [2.05, 4.69) is 32.6 Å². The molecular formula is C15H14N4OS. The Balaban J connectivity index is 1.58. The van der Waals surface area contributed by atoms with Gasteiger partial charge in [0.05, 0.1) is 12.3 Å². The zero-order valence-corrected chi connectivity index (χ0v) is 12.4. The molecule has 0 saturated carbocycles. The number of nitrogens with zero attached hydrogens (tertiary/aromatic N) is 3. The predicted molar refractivity (Wildman–Crippen MR) is 80.7 cm³/mol. The molecule has 21 heavy (non-hydrogen) atoms. The highest BCUT2D eigenvalue weighted by Crippen LogP contribution is 2.35. The van der Waals surface area contributed by atoms with Crippen LogP contribution >= 0.6 is 11.3 Å². The fraction of sp³-hybridized carbons (Fsp3) is 0.267. The molecule has 0 aliphatic carbocycles. The topological polar surface area (TPSA) is 63.8 Å². The van der Waals surface area contributed by atoms with E-state index < -0.39 is 0 Å². The van der Waals surface area contributed by atoms with Gasteiger partial charge < -0.3 is 9.84 Å². The Bertz CT molecular complexity index is 779. The normalized spacial score (nSPS) is 16.7. The maximum Gasteiger partial charge on any atom is 0.236 e. The van der Waals surface area contributed by atoms with Crippen molar-refractivity contribution in [1.82, 2.24) is 15.1 Å². The minimum absolute atomic E-state index is 0.139. The summed E-state index contributed by atoms with van der Waals surface area (Å²) in [6.07, 6.45) is 0.629. The average Bonchev–Trinajstić information content (AvgIpc) is 3.19. The fourth-order valence-electron chi connectivity index (χ4n) is 2.60. The number of thiazole rings is 1. The molecular weight excluding hydrogens is 284 g/mol. The molecule has 1 unspecified atom stereocenters. The Morgan fingerprint density at radius 1 is 1.33 bits per heavy atom. The van der Waals surface area contributed by atoms with E-state index in [1.54, 1.807) is 11.3 Å². The Morgan fingerprint density at radius 2 is 2.24 bits per heavy atom. The molecule has 3 heterocycles. The predicted octanol–water partition coefficient (Wildman–Crippen LogP) is 2.98. The molecule has 0 spiro atoms. The van der Waals surface area contributed by atoms with Gasteiger partial charge >= 0.3 is 0 Å². The average molecular weight is 298 g/mol. The second-order valence-electron chi connectivity index (χ2n) is 5.13. The molecule has 6 heteroatoms. The maximum atomic E-state index is 5.46. The Labute approximate surface area is 126 Å². The number of aromatic nitrogens is 3. The van der Waals surface area contributed by atoms with Crippen molar-refractivity contribution in [3.8, 4) is 0 Å². The minimum atomic E-state index is 0.139. The lowest BCUT2D eigenvalue weighted by molar-refractivity contribution is 0.366. The summed E-state index contributed by atoms with van der Waals surface area (Å²) >= 11 is 1.63. The van der Waals surface area contributed by atoms with Crippen LogP contribution in [-0.4, -0.2) is 21.7 Å². The first kappa shape index (κ1) is 12.5. The second kappa shape index (κ2) is 4.96. The van der Waals surface area contributed by atoms with Gasteiger partial charge in [-0.3, -0.25) is 0 Å². The van der Waals surface area contributed by atoms with Crippen molar-refractivity contribution < 1.29 is 4.52 Å². The first-order valence-corrected chi connectivity index (χ1v) is 7.74. The number of benzene rings is 1. The van der Waals surface area contributed by atoms with E-state index in [1.165, 1.54) is 5.56 Å². The quantitative estimate of drug-likeness (QED) is 0.805. The van der Waals surface area contributed by atoms with E-state index in [0.29, 0.717) is 18.1 Å². The van der Waals surface area contributed by atoms with Gasteiger partial charge in [0.15, 0.2) is 5.82 Å². The molecule has 4 rings (SSSR count). The summed E-state index contributed by atoms with van der Waals surface area (Å²) in [7, 11) is 0. The van der Waals surface area contributed by atoms with Crippen LogP contribution in [0.2, 0.25) is 0 Å². The van der Waals surface area contributed by atoms with Crippen LogP contribution < -0.4 is 5.32 Å². The van der Waals surface area contributed by atoms with Crippen molar-refractivity contribution in [2.24, 2.45) is 0 Å². The van der Waals surface area contributed by atoms with E-state index in [0.717, 1.165) is 22.9 Å². The van der Waals surface area contributed by atoms with Crippen molar-refractivity contribution >= 4 is 17.0 Å². The molecule has 1 N–H and O–H groups in total. The number of para-hydroxylation sites is 1. The van der Waals surface area contributed by atoms with Gasteiger partial charge in [-0.25, -0.2) is 4.98 Å². The lowest BCUT2D eigenvalue weighted by atomic mass is 10.0. The fourth-order valence-corrected chi connectivity index (χ4v) is 3.37. The maximum absolute atomic E-state index is 5.46. The van der Waals surface area contributed by atoms with Crippen molar-refractivity contribution in [1.29, 1.82) is 0 Å². The zero-order chi connectivity index (χ0) is 14.2. The summed E-state index contributed by atoms with van der Waals surface area (Å²) in [6.45, 7) is 2.79. The monoisotopic (exact) mass is 298 g/mol. The van der Waals surface area contributed by atoms with Gasteiger partial charge in [0.1, 0.15) is 5.01 Å². The summed E-state index contributed by atoms with van der Waals surface area (Å²) in [5.74, 6) is 1.51. The minimum Gasteiger partial charge on any atom is -0.384 e. The van der Waals surface area contributed by atoms with Gasteiger partial charge in [0.2, 0.25) is 5.89 Å². The van der Waals surface area contributed by atoms with Crippen LogP contribution in [0.15, 0.2) is 34.2 Å². The van der Waals surface area contributed by atoms with Gasteiger partial charge in [-0.05, 0) is 18.6 Å². The number of fused-ring (bicyclic) bond motifs is 1. The van der Waals surface area contributed by atoms with E-state index in [4.69, 9.17) is 4.52 Å². The van der Waals surface area contributed by atoms with Crippen LogP contribution in [0.3, 0.4) is 0 Å². The van der Waals surface area contributed by atoms with Crippen molar-refractivity contribution in [2.75, 3.05) is 11.9 Å². The molecule has 3 aromatic rings. The van der Waals surface area contributed by atoms with Crippen LogP contribution in [0.4, 0.5) is 5.69 Å². The number of anilines is 1. The van der Waals surface area contributed by atoms with E-state index in [9.17, 15) is 0 Å². The summed E-state index contributed by atoms with van der Waals surface area (Å²) in [5, 5.41) is 10.5. The van der Waals surface area contributed by atoms with E-state index >= 15 is 0 Å². The Kier molecular flexibility index (Phi) is 2.96. The molecule has 0 bridgehead atoms. The van der Waals surface area contributed by atoms with Crippen LogP contribution in [0.1, 0.15) is 33.9 Å². The SMILES string of the molecule is Cc1csc(Cc2noc(C3CNc4ccccc43)n2)n1. The molecule has 1 aliphatic heterocycles. The highest BCUT2D eigenvalue weighted by Gasteiger charge is 2.28. The third-order valence-electron chi connectivity index (χ3n) is 3.59. The molecule has 106 valence electrons. The first-order valence-electron chi connectivity index (χ1n) is 6.86. The van der Waals surface area contributed by atoms with Gasteiger partial charge in [-0.2, -0.15) is 4.98 Å². The lowest BCUT2D eigenvalue weighted by Gasteiger charge is -2.02. The van der Waals surface area contributed by atoms with E-state index in [1.807, 2.05) is 24.4 Å². The summed E-state index contributed by atoms with van der Waals surface area (Å²) in [6, 6.07) is 8.24. The number of nitrogens with one attached hydrogen (secondary N) is 1. The number of hydrogen-bond acceptors (Lipinski definition) is 6. The van der Waals surface area contributed by atoms with Crippen molar-refractivity contribution in [3.63, 3.8) is 0 Å². The summed E-state index contributed by atoms with van der Waals surface area (Å²) in [4.78, 5) is 8.98. The summed E-state index contributed by atoms with van der Waals surface area (Å²) < 4.78 is 5.46. The van der Waals surface area contributed by atoms with Crippen LogP contribution in [0, 0.1) is 6.92 Å². The van der Waals surface area contributed by atoms with Crippen molar-refractivity contribution in [2.45, 2.75) is 19.3 Å². The third kappa shape index (κ3) is 2.31. The molecule has 0 fully saturated rings.